The summed E-state index contributed by atoms with van der Waals surface area (Å²) in [6.07, 6.45) is 0. The molecule has 0 bridgehead atoms. The molecule has 2 nitrogen and oxygen atoms in total. The van der Waals surface area contributed by atoms with Gasteiger partial charge in [-0.2, -0.15) is 29.3 Å². The molecule has 0 N–H and O–H groups in total. The van der Waals surface area contributed by atoms with E-state index in [0.29, 0.717) is 5.56 Å². The molecule has 0 aromatic heterocycles. The molecule has 0 aliphatic heterocycles. The zero-order valence-corrected chi connectivity index (χ0v) is 11.9. The van der Waals surface area contributed by atoms with E-state index in [0.717, 1.165) is 11.1 Å². The Morgan fingerprint density at radius 1 is 1.27 bits per heavy atom. The van der Waals surface area contributed by atoms with Crippen molar-refractivity contribution in [1.82, 2.24) is 0 Å². The zero-order valence-electron chi connectivity index (χ0n) is 9.05. The van der Waals surface area contributed by atoms with Gasteiger partial charge in [0.05, 0.1) is 5.57 Å². The third-order valence-corrected chi connectivity index (χ3v) is 2.09. The molecule has 0 aliphatic rings. The van der Waals surface area contributed by atoms with Crippen LogP contribution in [0.5, 0.6) is 0 Å². The van der Waals surface area contributed by atoms with Crippen molar-refractivity contribution < 1.29 is 42.3 Å². The number of hydrogen-bond donors (Lipinski definition) is 0. The number of carbonyl (C=O) groups is 1. The normalized spacial score (nSPS) is 8.73. The smallest absolute Gasteiger partial charge is 0.294 e. The molecule has 0 saturated heterocycles. The van der Waals surface area contributed by atoms with E-state index in [1.54, 1.807) is 18.1 Å². The van der Waals surface area contributed by atoms with E-state index in [-0.39, 0.29) is 44.1 Å². The average Bonchev–Trinajstić information content (AvgIpc) is 2.10. The molecule has 0 amide bonds. The Labute approximate surface area is 115 Å². The third kappa shape index (κ3) is 3.20. The topological polar surface area (TPSA) is 34.1 Å². The van der Waals surface area contributed by atoms with Crippen LogP contribution in [0.15, 0.2) is 12.1 Å². The summed E-state index contributed by atoms with van der Waals surface area (Å²) in [6.45, 7) is 5.06. The molecule has 0 fully saturated rings. The second-order valence-electron chi connectivity index (χ2n) is 3.23. The summed E-state index contributed by atoms with van der Waals surface area (Å²) in [5.41, 5.74) is 2.55. The second-order valence-corrected chi connectivity index (χ2v) is 3.23. The Morgan fingerprint density at radius 3 is 2.07 bits per heavy atom. The number of aryl methyl sites for hydroxylation is 2. The molecular formula is C12H11O2Y+2. The van der Waals surface area contributed by atoms with Gasteiger partial charge in [0.15, 0.2) is 5.78 Å². The zero-order chi connectivity index (χ0) is 10.7. The van der Waals surface area contributed by atoms with E-state index < -0.39 is 0 Å². The molecule has 0 spiro atoms. The number of hydrogen-bond acceptors (Lipinski definition) is 2. The minimum absolute atomic E-state index is 0. The van der Waals surface area contributed by atoms with Crippen LogP contribution in [0.3, 0.4) is 0 Å². The number of allylic oxidation sites excluding steroid dienone is 1. The maximum Gasteiger partial charge on any atom is 3.00 e. The van der Waals surface area contributed by atoms with Crippen LogP contribution in [0.25, 0.3) is 5.57 Å². The van der Waals surface area contributed by atoms with Crippen molar-refractivity contribution in [3.05, 3.63) is 34.9 Å². The Hall–Kier alpha value is -0.556. The van der Waals surface area contributed by atoms with Gasteiger partial charge < -0.3 is 0 Å². The maximum atomic E-state index is 11.2. The largest absolute Gasteiger partial charge is 3.00 e. The van der Waals surface area contributed by atoms with Crippen LogP contribution in [0.1, 0.15) is 23.6 Å². The van der Waals surface area contributed by atoms with Gasteiger partial charge in [-0.3, -0.25) is 4.79 Å². The fourth-order valence-electron chi connectivity index (χ4n) is 1.44. The van der Waals surface area contributed by atoms with E-state index in [1.165, 1.54) is 6.92 Å². The van der Waals surface area contributed by atoms with Crippen LogP contribution < -0.4 is 0 Å². The van der Waals surface area contributed by atoms with Crippen LogP contribution in [0.2, 0.25) is 0 Å². The summed E-state index contributed by atoms with van der Waals surface area (Å²) in [5.74, 6) is 1.45. The number of carbonyl (C=O) groups excluding carboxylic acids is 2. The van der Waals surface area contributed by atoms with Gasteiger partial charge in [-0.1, -0.05) is 13.8 Å². The van der Waals surface area contributed by atoms with Crippen molar-refractivity contribution in [2.24, 2.45) is 0 Å². The summed E-state index contributed by atoms with van der Waals surface area (Å²) in [5, 5.41) is 0. The minimum atomic E-state index is -0.252. The Morgan fingerprint density at radius 2 is 1.73 bits per heavy atom. The summed E-state index contributed by atoms with van der Waals surface area (Å²) < 4.78 is 0. The van der Waals surface area contributed by atoms with Gasteiger partial charge in [0.25, 0.3) is 0 Å². The van der Waals surface area contributed by atoms with E-state index >= 15 is 0 Å². The number of benzene rings is 1. The van der Waals surface area contributed by atoms with Gasteiger partial charge in [-0.05, 0) is 6.92 Å². The van der Waals surface area contributed by atoms with Crippen LogP contribution >= 0.6 is 0 Å². The minimum Gasteiger partial charge on any atom is -0.294 e. The van der Waals surface area contributed by atoms with Crippen molar-refractivity contribution in [2.75, 3.05) is 0 Å². The molecule has 0 heterocycles. The summed E-state index contributed by atoms with van der Waals surface area (Å²) in [6, 6.07) is 6.44. The molecule has 3 heteroatoms. The van der Waals surface area contributed by atoms with E-state index in [4.69, 9.17) is 0 Å². The summed E-state index contributed by atoms with van der Waals surface area (Å²) in [7, 11) is 0. The molecule has 1 aromatic rings. The van der Waals surface area contributed by atoms with E-state index in [9.17, 15) is 9.59 Å². The maximum absolute atomic E-state index is 11.2. The fraction of sp³-hybridized carbons (Fsp3) is 0.250. The third-order valence-electron chi connectivity index (χ3n) is 2.09. The monoisotopic (exact) mass is 276 g/mol. The molecule has 72 valence electrons. The number of rotatable bonds is 2. The van der Waals surface area contributed by atoms with Crippen molar-refractivity contribution in [1.29, 1.82) is 0 Å². The summed E-state index contributed by atoms with van der Waals surface area (Å²) in [4.78, 5) is 21.8. The predicted octanol–water partition coefficient (Wildman–Crippen LogP) is 1.91. The van der Waals surface area contributed by atoms with Gasteiger partial charge in [-0.15, -0.1) is 5.56 Å². The summed E-state index contributed by atoms with van der Waals surface area (Å²) >= 11 is 0. The van der Waals surface area contributed by atoms with Crippen molar-refractivity contribution in [2.45, 2.75) is 20.8 Å². The van der Waals surface area contributed by atoms with Crippen LogP contribution in [-0.2, 0) is 42.3 Å². The van der Waals surface area contributed by atoms with Gasteiger partial charge in [-0.25, -0.2) is 4.79 Å². The molecule has 15 heavy (non-hydrogen) atoms. The number of ketones is 1. The first-order valence-electron chi connectivity index (χ1n) is 4.31. The van der Waals surface area contributed by atoms with Crippen LogP contribution in [-0.4, -0.2) is 11.7 Å². The Kier molecular flexibility index (Phi) is 5.89. The first-order valence-corrected chi connectivity index (χ1v) is 4.31. The first kappa shape index (κ1) is 14.4. The quantitative estimate of drug-likeness (QED) is 0.469. The van der Waals surface area contributed by atoms with Crippen LogP contribution in [0.4, 0.5) is 0 Å². The Balaban J connectivity index is 0.00000196. The molecule has 0 saturated carbocycles. The fourth-order valence-corrected chi connectivity index (χ4v) is 1.44. The molecule has 0 atom stereocenters. The second kappa shape index (κ2) is 6.12. The molecule has 0 radical (unpaired) electrons. The number of Topliss-reactive ketones (excluding diaryl/α,β-unsaturated/α-hetero) is 1. The SMILES string of the molecule is CC(=O)C(=C=O)c1c(C)c[c-]cc1C.[Y+3]. The van der Waals surface area contributed by atoms with Crippen molar-refractivity contribution in [3.8, 4) is 0 Å². The molecule has 0 unspecified atom stereocenters. The van der Waals surface area contributed by atoms with Crippen molar-refractivity contribution >= 4 is 17.3 Å². The van der Waals surface area contributed by atoms with E-state index in [1.807, 2.05) is 13.8 Å². The first-order chi connectivity index (χ1) is 6.57. The van der Waals surface area contributed by atoms with Crippen LogP contribution in [0, 0.1) is 19.9 Å². The van der Waals surface area contributed by atoms with E-state index in [2.05, 4.69) is 6.07 Å². The predicted molar refractivity (Wildman–Crippen MR) is 54.5 cm³/mol. The molecule has 1 aromatic carbocycles. The molecular weight excluding hydrogens is 265 g/mol. The Bertz CT molecular complexity index is 409. The van der Waals surface area contributed by atoms with Gasteiger partial charge in [0, 0.05) is 0 Å². The van der Waals surface area contributed by atoms with Gasteiger partial charge >= 0.3 is 32.7 Å². The van der Waals surface area contributed by atoms with Gasteiger partial charge in [0.2, 0.25) is 0 Å². The standard InChI is InChI=1S/C12H11O2.Y/c1-8-5-4-6-9(2)12(8)11(7-13)10(3)14;/h5-6H,1-3H3;/q-1;+3. The molecule has 1 rings (SSSR count). The molecule has 0 aliphatic carbocycles. The van der Waals surface area contributed by atoms with Crippen molar-refractivity contribution in [3.63, 3.8) is 0 Å². The van der Waals surface area contributed by atoms with Gasteiger partial charge in [0.1, 0.15) is 5.94 Å². The average molecular weight is 276 g/mol.